The molecule has 0 aliphatic heterocycles. The molecule has 0 spiro atoms. The second-order valence-corrected chi connectivity index (χ2v) is 2.62. The Morgan fingerprint density at radius 1 is 0.882 bits per heavy atom. The fourth-order valence-electron chi connectivity index (χ4n) is 0.752. The topological polar surface area (TPSA) is 74.6 Å². The molecule has 2 radical (unpaired) electrons. The third-order valence-corrected chi connectivity index (χ3v) is 1.48. The Morgan fingerprint density at radius 3 is 1.35 bits per heavy atom. The van der Waals surface area contributed by atoms with Crippen LogP contribution in [-0.4, -0.2) is 22.2 Å². The molecule has 2 aliphatic rings. The summed E-state index contributed by atoms with van der Waals surface area (Å²) < 4.78 is 0. The number of rotatable bonds is 2. The van der Waals surface area contributed by atoms with Crippen molar-refractivity contribution in [2.24, 2.45) is 11.8 Å². The summed E-state index contributed by atoms with van der Waals surface area (Å²) in [5.74, 6) is 6.10. The molecule has 2 atom stereocenters. The van der Waals surface area contributed by atoms with E-state index < -0.39 is 23.8 Å². The largest absolute Gasteiger partial charge is 2.00 e. The molecule has 2 N–H and O–H groups in total. The number of hydrogen-bond acceptors (Lipinski definition) is 2. The van der Waals surface area contributed by atoms with E-state index in [1.807, 2.05) is 0 Å². The summed E-state index contributed by atoms with van der Waals surface area (Å²) in [4.78, 5) is 20.0. The molecule has 0 aromatic rings. The molecule has 0 amide bonds. The summed E-state index contributed by atoms with van der Waals surface area (Å²) >= 11 is 0. The molecule has 2 unspecified atom stereocenters. The fourth-order valence-corrected chi connectivity index (χ4v) is 0.752. The van der Waals surface area contributed by atoms with Crippen molar-refractivity contribution < 1.29 is 36.9 Å². The summed E-state index contributed by atoms with van der Waals surface area (Å²) in [6, 6.07) is 0. The molecule has 0 fully saturated rings. The first-order chi connectivity index (χ1) is 7.61. The van der Waals surface area contributed by atoms with Gasteiger partial charge in [0.05, 0.1) is 0 Å². The van der Waals surface area contributed by atoms with Gasteiger partial charge in [0, 0.05) is 11.8 Å². The summed E-state index contributed by atoms with van der Waals surface area (Å²) in [6.45, 7) is 0. The zero-order valence-corrected chi connectivity index (χ0v) is 9.32. The molecular formula is C12H4FeO4. The first-order valence-electron chi connectivity index (χ1n) is 4.09. The second kappa shape index (κ2) is 7.35. The minimum atomic E-state index is -0.956. The first kappa shape index (κ1) is 15.1. The van der Waals surface area contributed by atoms with Gasteiger partial charge in [-0.3, -0.25) is 21.4 Å². The van der Waals surface area contributed by atoms with E-state index in [9.17, 15) is 9.59 Å². The minimum Gasteiger partial charge on any atom is -0.481 e. The zero-order valence-electron chi connectivity index (χ0n) is 8.22. The third kappa shape index (κ3) is 5.08. The van der Waals surface area contributed by atoms with Gasteiger partial charge in [0.1, 0.15) is 0 Å². The molecule has 2 rings (SSSR count). The summed E-state index contributed by atoms with van der Waals surface area (Å²) in [7, 11) is 0. The van der Waals surface area contributed by atoms with Crippen LogP contribution in [0.2, 0.25) is 0 Å². The van der Waals surface area contributed by atoms with Crippen molar-refractivity contribution in [2.45, 2.75) is 0 Å². The summed E-state index contributed by atoms with van der Waals surface area (Å²) in [5, 5.41) is 16.4. The van der Waals surface area contributed by atoms with Crippen molar-refractivity contribution in [2.75, 3.05) is 0 Å². The molecule has 0 heterocycles. The van der Waals surface area contributed by atoms with Crippen LogP contribution in [0.1, 0.15) is 0 Å². The van der Waals surface area contributed by atoms with Crippen LogP contribution in [-0.2, 0) is 26.7 Å². The molecule has 0 aromatic carbocycles. The maximum Gasteiger partial charge on any atom is 2.00 e. The predicted octanol–water partition coefficient (Wildman–Crippen LogP) is -0.269. The third-order valence-electron chi connectivity index (χ3n) is 1.48. The van der Waals surface area contributed by atoms with E-state index in [1.165, 1.54) is 0 Å². The van der Waals surface area contributed by atoms with Crippen LogP contribution >= 0.6 is 0 Å². The average Bonchev–Trinajstić information content (AvgIpc) is 2.93. The van der Waals surface area contributed by atoms with Crippen LogP contribution in [0.4, 0.5) is 0 Å². The second-order valence-electron chi connectivity index (χ2n) is 2.62. The van der Waals surface area contributed by atoms with Gasteiger partial charge in [0.15, 0.2) is 0 Å². The van der Waals surface area contributed by atoms with E-state index in [1.54, 1.807) is 0 Å². The number of hydrogen-bond donors (Lipinski definition) is 2. The number of aliphatic carboxylic acids is 2. The molecule has 4 nitrogen and oxygen atoms in total. The first-order valence-corrected chi connectivity index (χ1v) is 4.09. The minimum absolute atomic E-state index is 0. The normalized spacial score (nSPS) is 20.9. The number of carboxylic acids is 2. The number of carboxylic acid groups (broad SMARTS) is 2. The van der Waals surface area contributed by atoms with E-state index in [4.69, 9.17) is 10.2 Å². The maximum absolute atomic E-state index is 10.00. The zero-order chi connectivity index (χ0) is 12.0. The van der Waals surface area contributed by atoms with Gasteiger partial charge >= 0.3 is 29.0 Å². The Balaban J connectivity index is 0.000000284. The molecule has 0 bridgehead atoms. The van der Waals surface area contributed by atoms with Crippen LogP contribution in [0, 0.1) is 59.8 Å². The van der Waals surface area contributed by atoms with Crippen LogP contribution < -0.4 is 0 Å². The molecule has 84 valence electrons. The van der Waals surface area contributed by atoms with Crippen molar-refractivity contribution in [1.29, 1.82) is 0 Å². The van der Waals surface area contributed by atoms with Gasteiger partial charge in [-0.05, 0) is 0 Å². The number of carbonyl (C=O) groups is 2. The maximum atomic E-state index is 10.00. The molecule has 0 saturated heterocycles. The van der Waals surface area contributed by atoms with Gasteiger partial charge < -0.3 is 22.1 Å². The fraction of sp³-hybridized carbons (Fsp3) is 0.167. The predicted molar refractivity (Wildman–Crippen MR) is 50.8 cm³/mol. The number of allylic oxidation sites excluding steroid dienone is 2. The molecular weight excluding hydrogens is 264 g/mol. The molecule has 0 aromatic heterocycles. The molecule has 2 aliphatic carbocycles. The quantitative estimate of drug-likeness (QED) is 0.411. The van der Waals surface area contributed by atoms with Gasteiger partial charge in [-0.1, -0.05) is 0 Å². The molecule has 5 heteroatoms. The van der Waals surface area contributed by atoms with Gasteiger partial charge in [-0.25, -0.2) is 0 Å². The van der Waals surface area contributed by atoms with Crippen molar-refractivity contribution in [1.82, 2.24) is 0 Å². The van der Waals surface area contributed by atoms with Crippen LogP contribution in [0.15, 0.2) is 0 Å². The summed E-state index contributed by atoms with van der Waals surface area (Å²) in [6.07, 6.45) is 9.49. The van der Waals surface area contributed by atoms with E-state index in [2.05, 4.69) is 48.0 Å². The van der Waals surface area contributed by atoms with Gasteiger partial charge in [0.25, 0.3) is 0 Å². The van der Waals surface area contributed by atoms with Crippen molar-refractivity contribution in [3.63, 3.8) is 0 Å². The van der Waals surface area contributed by atoms with Crippen molar-refractivity contribution >= 4 is 11.9 Å². The van der Waals surface area contributed by atoms with Crippen LogP contribution in [0.25, 0.3) is 0 Å². The smallest absolute Gasteiger partial charge is 0.481 e. The van der Waals surface area contributed by atoms with Crippen LogP contribution in [0.5, 0.6) is 0 Å². The van der Waals surface area contributed by atoms with E-state index in [0.29, 0.717) is 0 Å². The van der Waals surface area contributed by atoms with E-state index in [-0.39, 0.29) is 17.1 Å². The molecule has 17 heavy (non-hydrogen) atoms. The van der Waals surface area contributed by atoms with Crippen molar-refractivity contribution in [3.8, 4) is 23.7 Å². The van der Waals surface area contributed by atoms with E-state index in [0.717, 1.165) is 0 Å². The van der Waals surface area contributed by atoms with Gasteiger partial charge in [0.2, 0.25) is 0 Å². The average molecular weight is 268 g/mol. The van der Waals surface area contributed by atoms with Crippen molar-refractivity contribution in [3.05, 3.63) is 24.3 Å². The summed E-state index contributed by atoms with van der Waals surface area (Å²) in [5.41, 5.74) is 0. The van der Waals surface area contributed by atoms with Crippen LogP contribution in [0.3, 0.4) is 0 Å². The molecule has 0 saturated carbocycles. The monoisotopic (exact) mass is 268 g/mol. The Bertz CT molecular complexity index is 436. The van der Waals surface area contributed by atoms with Gasteiger partial charge in [-0.2, -0.15) is 12.2 Å². The Kier molecular flexibility index (Phi) is 6.51. The SMILES string of the molecule is O=C(O)C1[C]=[C-]C#C1.O=C(O)C1[C]=[C-]C#C1.[Fe+2]. The Labute approximate surface area is 109 Å². The Hall–Kier alpha value is -1.94. The Morgan fingerprint density at radius 2 is 1.24 bits per heavy atom. The van der Waals surface area contributed by atoms with E-state index >= 15 is 0 Å². The standard InChI is InChI=1S/2C6H2O2.Fe/c2*7-6(8)5-3-1-2-4-5;/h2*5H,(H,7,8);/q2*-1;+2. The van der Waals surface area contributed by atoms with Gasteiger partial charge in [-0.15, -0.1) is 12.2 Å².